The Kier molecular flexibility index (Phi) is 12.0. The quantitative estimate of drug-likeness (QED) is 0.245. The Bertz CT molecular complexity index is 800. The van der Waals surface area contributed by atoms with E-state index < -0.39 is 0 Å². The number of benzene rings is 2. The fraction of sp³-hybridized carbons (Fsp3) is 0.586. The van der Waals surface area contributed by atoms with Crippen molar-refractivity contribution in [2.24, 2.45) is 5.92 Å². The number of halogens is 1. The van der Waals surface area contributed by atoms with E-state index in [0.29, 0.717) is 17.9 Å². The first-order valence-electron chi connectivity index (χ1n) is 12.9. The van der Waals surface area contributed by atoms with E-state index in [1.165, 1.54) is 74.5 Å². The van der Waals surface area contributed by atoms with E-state index in [1.807, 2.05) is 12.1 Å². The minimum atomic E-state index is -0.209. The van der Waals surface area contributed by atoms with Crippen molar-refractivity contribution in [3.8, 4) is 16.9 Å². The van der Waals surface area contributed by atoms with Gasteiger partial charge in [0.1, 0.15) is 11.6 Å². The second kappa shape index (κ2) is 15.0. The first kappa shape index (κ1) is 26.5. The van der Waals surface area contributed by atoms with E-state index >= 15 is 0 Å². The van der Waals surface area contributed by atoms with E-state index in [0.717, 1.165) is 28.9 Å². The Balaban J connectivity index is 1.43. The topological polar surface area (TPSA) is 9.23 Å². The van der Waals surface area contributed by atoms with Gasteiger partial charge in [-0.2, -0.15) is 0 Å². The summed E-state index contributed by atoms with van der Waals surface area (Å²) in [5.74, 6) is 3.98. The van der Waals surface area contributed by atoms with Crippen LogP contribution in [0, 0.1) is 11.7 Å². The van der Waals surface area contributed by atoms with Gasteiger partial charge < -0.3 is 4.74 Å². The molecule has 1 heterocycles. The van der Waals surface area contributed by atoms with Crippen LogP contribution in [0.2, 0.25) is 0 Å². The van der Waals surface area contributed by atoms with Crippen molar-refractivity contribution in [3.05, 3.63) is 53.8 Å². The highest BCUT2D eigenvalue weighted by molar-refractivity contribution is 8.17. The zero-order chi connectivity index (χ0) is 23.3. The van der Waals surface area contributed by atoms with Crippen LogP contribution in [0.3, 0.4) is 0 Å². The minimum Gasteiger partial charge on any atom is -0.493 e. The van der Waals surface area contributed by atoms with E-state index in [2.05, 4.69) is 61.6 Å². The summed E-state index contributed by atoms with van der Waals surface area (Å²) in [5.41, 5.74) is 2.92. The van der Waals surface area contributed by atoms with Gasteiger partial charge in [0.15, 0.2) is 0 Å². The molecule has 4 heteroatoms. The molecule has 0 aliphatic carbocycles. The maximum absolute atomic E-state index is 14.7. The molecule has 2 aromatic carbocycles. The molecule has 33 heavy (non-hydrogen) atoms. The number of unbranched alkanes of at least 4 members (excludes halogenated alkanes) is 5. The first-order valence-corrected chi connectivity index (χ1v) is 15.0. The molecule has 0 bridgehead atoms. The van der Waals surface area contributed by atoms with Crippen molar-refractivity contribution >= 4 is 23.5 Å². The maximum atomic E-state index is 14.7. The number of ether oxygens (including phenoxy) is 1. The SMILES string of the molecule is CCCCCCCOc1ccc(-c2ccc(CCC3SCC(CCCC)CS3)cc2)c(F)c1. The normalized spacial score (nSPS) is 18.4. The molecule has 0 spiro atoms. The highest BCUT2D eigenvalue weighted by Gasteiger charge is 2.21. The first-order chi connectivity index (χ1) is 16.2. The van der Waals surface area contributed by atoms with Crippen molar-refractivity contribution in [2.75, 3.05) is 18.1 Å². The Hall–Kier alpha value is -1.13. The molecule has 182 valence electrons. The standard InChI is InChI=1S/C29H41FOS2/c1-3-5-7-8-9-19-31-26-16-17-27(28(30)20-26)25-14-11-23(12-15-25)13-18-29-32-21-24(22-33-29)10-6-4-2/h11-12,14-17,20,24,29H,3-10,13,18-19,21-22H2,1-2H3. The van der Waals surface area contributed by atoms with Crippen LogP contribution in [0.1, 0.15) is 77.2 Å². The van der Waals surface area contributed by atoms with E-state index in [9.17, 15) is 4.39 Å². The Morgan fingerprint density at radius 3 is 2.27 bits per heavy atom. The molecule has 0 atom stereocenters. The van der Waals surface area contributed by atoms with Crippen molar-refractivity contribution in [2.45, 2.75) is 82.6 Å². The van der Waals surface area contributed by atoms with Crippen molar-refractivity contribution < 1.29 is 9.13 Å². The number of thioether (sulfide) groups is 2. The van der Waals surface area contributed by atoms with Crippen molar-refractivity contribution in [3.63, 3.8) is 0 Å². The summed E-state index contributed by atoms with van der Waals surface area (Å²) in [4.78, 5) is 0. The number of hydrogen-bond acceptors (Lipinski definition) is 3. The molecule has 1 saturated heterocycles. The van der Waals surface area contributed by atoms with Gasteiger partial charge in [-0.15, -0.1) is 23.5 Å². The monoisotopic (exact) mass is 488 g/mol. The zero-order valence-electron chi connectivity index (χ0n) is 20.5. The van der Waals surface area contributed by atoms with Gasteiger partial charge in [0.05, 0.1) is 11.2 Å². The fourth-order valence-corrected chi connectivity index (χ4v) is 7.38. The molecule has 0 aromatic heterocycles. The second-order valence-electron chi connectivity index (χ2n) is 9.24. The Morgan fingerprint density at radius 1 is 0.848 bits per heavy atom. The predicted molar refractivity (Wildman–Crippen MR) is 146 cm³/mol. The van der Waals surface area contributed by atoms with Crippen LogP contribution in [0.4, 0.5) is 4.39 Å². The van der Waals surface area contributed by atoms with Crippen LogP contribution in [-0.4, -0.2) is 22.7 Å². The highest BCUT2D eigenvalue weighted by atomic mass is 32.2. The summed E-state index contributed by atoms with van der Waals surface area (Å²) in [7, 11) is 0. The van der Waals surface area contributed by atoms with Gasteiger partial charge in [0.25, 0.3) is 0 Å². The number of rotatable bonds is 14. The lowest BCUT2D eigenvalue weighted by molar-refractivity contribution is 0.303. The lowest BCUT2D eigenvalue weighted by Gasteiger charge is -2.27. The second-order valence-corrected chi connectivity index (χ2v) is 12.0. The summed E-state index contributed by atoms with van der Waals surface area (Å²) in [6.45, 7) is 5.16. The summed E-state index contributed by atoms with van der Waals surface area (Å²) in [5, 5.41) is 0. The molecule has 0 saturated carbocycles. The van der Waals surface area contributed by atoms with E-state index in [1.54, 1.807) is 0 Å². The predicted octanol–water partition coefficient (Wildman–Crippen LogP) is 9.39. The molecular formula is C29H41FOS2. The third-order valence-electron chi connectivity index (χ3n) is 6.39. The molecule has 2 aromatic rings. The summed E-state index contributed by atoms with van der Waals surface area (Å²) in [6.07, 6.45) is 12.4. The molecule has 1 aliphatic rings. The van der Waals surface area contributed by atoms with Crippen LogP contribution < -0.4 is 4.74 Å². The van der Waals surface area contributed by atoms with Gasteiger partial charge in [0.2, 0.25) is 0 Å². The van der Waals surface area contributed by atoms with Gasteiger partial charge in [-0.1, -0.05) is 76.6 Å². The minimum absolute atomic E-state index is 0.209. The van der Waals surface area contributed by atoms with Crippen LogP contribution in [-0.2, 0) is 6.42 Å². The summed E-state index contributed by atoms with van der Waals surface area (Å²) >= 11 is 4.31. The Morgan fingerprint density at radius 2 is 1.58 bits per heavy atom. The van der Waals surface area contributed by atoms with Crippen LogP contribution in [0.5, 0.6) is 5.75 Å². The van der Waals surface area contributed by atoms with Gasteiger partial charge in [-0.05, 0) is 66.4 Å². The zero-order valence-corrected chi connectivity index (χ0v) is 22.1. The van der Waals surface area contributed by atoms with Gasteiger partial charge in [0, 0.05) is 11.6 Å². The van der Waals surface area contributed by atoms with Crippen LogP contribution in [0.15, 0.2) is 42.5 Å². The molecule has 3 rings (SSSR count). The fourth-order valence-electron chi connectivity index (χ4n) is 4.26. The lowest BCUT2D eigenvalue weighted by atomic mass is 10.0. The molecule has 0 radical (unpaired) electrons. The summed E-state index contributed by atoms with van der Waals surface area (Å²) < 4.78 is 21.2. The average Bonchev–Trinajstić information content (AvgIpc) is 2.85. The number of hydrogen-bond donors (Lipinski definition) is 0. The molecule has 0 unspecified atom stereocenters. The van der Waals surface area contributed by atoms with E-state index in [-0.39, 0.29) is 5.82 Å². The third-order valence-corrected chi connectivity index (χ3v) is 9.75. The summed E-state index contributed by atoms with van der Waals surface area (Å²) in [6, 6.07) is 13.7. The van der Waals surface area contributed by atoms with Gasteiger partial charge >= 0.3 is 0 Å². The molecule has 1 fully saturated rings. The smallest absolute Gasteiger partial charge is 0.134 e. The average molecular weight is 489 g/mol. The third kappa shape index (κ3) is 9.20. The molecule has 0 N–H and O–H groups in total. The number of aryl methyl sites for hydroxylation is 1. The molecule has 1 nitrogen and oxygen atoms in total. The highest BCUT2D eigenvalue weighted by Crippen LogP contribution is 2.38. The lowest BCUT2D eigenvalue weighted by Crippen LogP contribution is -2.18. The maximum Gasteiger partial charge on any atom is 0.134 e. The molecular weight excluding hydrogens is 447 g/mol. The van der Waals surface area contributed by atoms with Crippen molar-refractivity contribution in [1.82, 2.24) is 0 Å². The van der Waals surface area contributed by atoms with E-state index in [4.69, 9.17) is 4.74 Å². The van der Waals surface area contributed by atoms with Crippen LogP contribution >= 0.6 is 23.5 Å². The van der Waals surface area contributed by atoms with Gasteiger partial charge in [-0.25, -0.2) is 4.39 Å². The van der Waals surface area contributed by atoms with Crippen molar-refractivity contribution in [1.29, 1.82) is 0 Å². The molecule has 1 aliphatic heterocycles. The van der Waals surface area contributed by atoms with Gasteiger partial charge in [-0.3, -0.25) is 0 Å². The van der Waals surface area contributed by atoms with Crippen LogP contribution in [0.25, 0.3) is 11.1 Å². The largest absolute Gasteiger partial charge is 0.493 e. The Labute approximate surface area is 209 Å². The molecule has 0 amide bonds.